The van der Waals surface area contributed by atoms with E-state index in [1.165, 1.54) is 6.07 Å². The maximum atomic E-state index is 12.7. The largest absolute Gasteiger partial charge is 0.416 e. The molecule has 1 aromatic carbocycles. The minimum Gasteiger partial charge on any atom is -0.387 e. The van der Waals surface area contributed by atoms with E-state index in [-0.39, 0.29) is 11.6 Å². The molecule has 1 amide bonds. The number of nitrogens with one attached hydrogen (secondary N) is 2. The smallest absolute Gasteiger partial charge is 0.387 e. The van der Waals surface area contributed by atoms with Gasteiger partial charge in [0.2, 0.25) is 0 Å². The lowest BCUT2D eigenvalue weighted by molar-refractivity contribution is -0.137. The summed E-state index contributed by atoms with van der Waals surface area (Å²) < 4.78 is 43.3. The molecule has 0 aliphatic rings. The summed E-state index contributed by atoms with van der Waals surface area (Å²) in [5, 5.41) is 5.33. The van der Waals surface area contributed by atoms with E-state index in [4.69, 9.17) is 4.74 Å². The van der Waals surface area contributed by atoms with E-state index in [0.29, 0.717) is 18.9 Å². The Balaban J connectivity index is 2.96. The second-order valence-electron chi connectivity index (χ2n) is 4.54. The van der Waals surface area contributed by atoms with Crippen LogP contribution in [0.15, 0.2) is 18.2 Å². The lowest BCUT2D eigenvalue weighted by Gasteiger charge is -2.17. The van der Waals surface area contributed by atoms with Crippen molar-refractivity contribution in [3.05, 3.63) is 29.3 Å². The number of carbonyl (C=O) groups excluding carboxylic acids is 1. The minimum absolute atomic E-state index is 0.0457. The van der Waals surface area contributed by atoms with E-state index in [9.17, 15) is 18.0 Å². The van der Waals surface area contributed by atoms with Crippen molar-refractivity contribution in [3.63, 3.8) is 0 Å². The third kappa shape index (κ3) is 4.93. The minimum atomic E-state index is -4.49. The zero-order chi connectivity index (χ0) is 16.0. The van der Waals surface area contributed by atoms with Crippen molar-refractivity contribution in [1.29, 1.82) is 0 Å². The topological polar surface area (TPSA) is 50.4 Å². The summed E-state index contributed by atoms with van der Waals surface area (Å²) in [5.41, 5.74) is -0.566. The van der Waals surface area contributed by atoms with Crippen molar-refractivity contribution in [2.75, 3.05) is 25.6 Å². The number of halogens is 3. The predicted octanol–water partition coefficient (Wildman–Crippen LogP) is 2.90. The molecular formula is C14H19F3N2O2. The monoisotopic (exact) mass is 304 g/mol. The van der Waals surface area contributed by atoms with Gasteiger partial charge in [-0.1, -0.05) is 0 Å². The Hall–Kier alpha value is -1.76. The second kappa shape index (κ2) is 7.31. The Bertz CT molecular complexity index is 490. The van der Waals surface area contributed by atoms with Crippen molar-refractivity contribution in [3.8, 4) is 0 Å². The van der Waals surface area contributed by atoms with Crippen LogP contribution in [0.5, 0.6) is 0 Å². The van der Waals surface area contributed by atoms with Crippen LogP contribution in [0, 0.1) is 0 Å². The third-order valence-corrected chi connectivity index (χ3v) is 2.81. The number of ether oxygens (including phenoxy) is 1. The maximum absolute atomic E-state index is 12.7. The highest BCUT2D eigenvalue weighted by atomic mass is 19.4. The molecule has 1 aromatic rings. The van der Waals surface area contributed by atoms with Gasteiger partial charge in [0.25, 0.3) is 5.91 Å². The number of amides is 1. The molecule has 0 aliphatic carbocycles. The van der Waals surface area contributed by atoms with Crippen LogP contribution in [0.1, 0.15) is 29.8 Å². The quantitative estimate of drug-likeness (QED) is 0.849. The molecule has 0 aliphatic heterocycles. The lowest BCUT2D eigenvalue weighted by Crippen LogP contribution is -2.36. The Morgan fingerprint density at radius 3 is 2.57 bits per heavy atom. The zero-order valence-corrected chi connectivity index (χ0v) is 12.2. The summed E-state index contributed by atoms with van der Waals surface area (Å²) in [6.45, 7) is 4.35. The van der Waals surface area contributed by atoms with Crippen molar-refractivity contribution in [2.45, 2.75) is 26.1 Å². The summed E-state index contributed by atoms with van der Waals surface area (Å²) in [6.07, 6.45) is -4.49. The molecule has 118 valence electrons. The molecule has 1 unspecified atom stereocenters. The molecule has 2 N–H and O–H groups in total. The first-order valence-electron chi connectivity index (χ1n) is 6.57. The number of carbonyl (C=O) groups is 1. The van der Waals surface area contributed by atoms with Crippen LogP contribution < -0.4 is 10.6 Å². The number of anilines is 1. The average molecular weight is 304 g/mol. The van der Waals surface area contributed by atoms with Gasteiger partial charge in [0.05, 0.1) is 17.7 Å². The van der Waals surface area contributed by atoms with E-state index in [1.54, 1.807) is 14.0 Å². The van der Waals surface area contributed by atoms with Crippen LogP contribution in [-0.4, -0.2) is 32.2 Å². The molecule has 1 atom stereocenters. The molecule has 4 nitrogen and oxygen atoms in total. The van der Waals surface area contributed by atoms with Gasteiger partial charge in [-0.25, -0.2) is 0 Å². The number of alkyl halides is 3. The van der Waals surface area contributed by atoms with Gasteiger partial charge in [0.1, 0.15) is 0 Å². The van der Waals surface area contributed by atoms with Gasteiger partial charge in [-0.15, -0.1) is 0 Å². The first-order chi connectivity index (χ1) is 9.79. The SMILES string of the molecule is CCOCC(C)NC(=O)c1cc(C(F)(F)F)ccc1NC. The van der Waals surface area contributed by atoms with Gasteiger partial charge in [-0.2, -0.15) is 13.2 Å². The molecule has 0 heterocycles. The van der Waals surface area contributed by atoms with Crippen molar-refractivity contribution < 1.29 is 22.7 Å². The molecule has 0 fully saturated rings. The van der Waals surface area contributed by atoms with Gasteiger partial charge in [-0.05, 0) is 32.0 Å². The molecule has 0 radical (unpaired) electrons. The molecule has 1 rings (SSSR count). The van der Waals surface area contributed by atoms with Gasteiger partial charge in [-0.3, -0.25) is 4.79 Å². The number of hydrogen-bond acceptors (Lipinski definition) is 3. The number of benzene rings is 1. The molecule has 7 heteroatoms. The second-order valence-corrected chi connectivity index (χ2v) is 4.54. The maximum Gasteiger partial charge on any atom is 0.416 e. The molecule has 0 saturated heterocycles. The number of rotatable bonds is 6. The normalized spacial score (nSPS) is 12.9. The van der Waals surface area contributed by atoms with Crippen LogP contribution >= 0.6 is 0 Å². The Morgan fingerprint density at radius 1 is 1.38 bits per heavy atom. The summed E-state index contributed by atoms with van der Waals surface area (Å²) in [7, 11) is 1.54. The molecular weight excluding hydrogens is 285 g/mol. The number of hydrogen-bond donors (Lipinski definition) is 2. The molecule has 0 saturated carbocycles. The van der Waals surface area contributed by atoms with E-state index >= 15 is 0 Å². The van der Waals surface area contributed by atoms with Crippen LogP contribution in [0.25, 0.3) is 0 Å². The summed E-state index contributed by atoms with van der Waals surface area (Å²) in [4.78, 5) is 12.1. The molecule has 21 heavy (non-hydrogen) atoms. The first kappa shape index (κ1) is 17.3. The summed E-state index contributed by atoms with van der Waals surface area (Å²) >= 11 is 0. The Labute approximate surface area is 121 Å². The van der Waals surface area contributed by atoms with Gasteiger partial charge < -0.3 is 15.4 Å². The van der Waals surface area contributed by atoms with Crippen LogP contribution in [0.2, 0.25) is 0 Å². The highest BCUT2D eigenvalue weighted by Gasteiger charge is 2.31. The van der Waals surface area contributed by atoms with E-state index in [2.05, 4.69) is 10.6 Å². The van der Waals surface area contributed by atoms with Gasteiger partial charge >= 0.3 is 6.18 Å². The predicted molar refractivity (Wildman–Crippen MR) is 74.4 cm³/mol. The van der Waals surface area contributed by atoms with E-state index in [0.717, 1.165) is 12.1 Å². The highest BCUT2D eigenvalue weighted by molar-refractivity contribution is 6.00. The lowest BCUT2D eigenvalue weighted by atomic mass is 10.1. The molecule has 0 bridgehead atoms. The molecule has 0 spiro atoms. The Morgan fingerprint density at radius 2 is 2.05 bits per heavy atom. The van der Waals surface area contributed by atoms with Crippen LogP contribution in [0.3, 0.4) is 0 Å². The fraction of sp³-hybridized carbons (Fsp3) is 0.500. The van der Waals surface area contributed by atoms with Crippen molar-refractivity contribution >= 4 is 11.6 Å². The first-order valence-corrected chi connectivity index (χ1v) is 6.57. The standard InChI is InChI=1S/C14H19F3N2O2/c1-4-21-8-9(2)19-13(20)11-7-10(14(15,16)17)5-6-12(11)18-3/h5-7,9,18H,4,8H2,1-3H3,(H,19,20). The molecule has 0 aromatic heterocycles. The van der Waals surface area contributed by atoms with Crippen LogP contribution in [-0.2, 0) is 10.9 Å². The van der Waals surface area contributed by atoms with E-state index < -0.39 is 17.6 Å². The van der Waals surface area contributed by atoms with E-state index in [1.807, 2.05) is 6.92 Å². The fourth-order valence-corrected chi connectivity index (χ4v) is 1.76. The van der Waals surface area contributed by atoms with Gasteiger partial charge in [0.15, 0.2) is 0 Å². The summed E-state index contributed by atoms with van der Waals surface area (Å²) in [6, 6.07) is 2.72. The highest BCUT2D eigenvalue weighted by Crippen LogP contribution is 2.31. The average Bonchev–Trinajstić information content (AvgIpc) is 2.43. The third-order valence-electron chi connectivity index (χ3n) is 2.81. The fourth-order valence-electron chi connectivity index (χ4n) is 1.76. The van der Waals surface area contributed by atoms with Crippen molar-refractivity contribution in [1.82, 2.24) is 5.32 Å². The van der Waals surface area contributed by atoms with Crippen LogP contribution in [0.4, 0.5) is 18.9 Å². The zero-order valence-electron chi connectivity index (χ0n) is 12.2. The van der Waals surface area contributed by atoms with Crippen molar-refractivity contribution in [2.24, 2.45) is 0 Å². The summed E-state index contributed by atoms with van der Waals surface area (Å²) in [5.74, 6) is -0.572. The Kier molecular flexibility index (Phi) is 6.02. The van der Waals surface area contributed by atoms with Gasteiger partial charge in [0, 0.05) is 25.4 Å².